The van der Waals surface area contributed by atoms with Crippen LogP contribution in [-0.4, -0.2) is 12.5 Å². The van der Waals surface area contributed by atoms with Crippen molar-refractivity contribution in [3.05, 3.63) is 53.1 Å². The number of unbranched alkanes of at least 4 members (excludes halogenated alkanes) is 1. The zero-order chi connectivity index (χ0) is 14.7. The number of amides is 1. The first-order valence-corrected chi connectivity index (χ1v) is 7.54. The van der Waals surface area contributed by atoms with Gasteiger partial charge in [-0.25, -0.2) is 5.43 Å². The normalized spacial score (nSPS) is 16.6. The Morgan fingerprint density at radius 2 is 1.95 bits per heavy atom. The van der Waals surface area contributed by atoms with Gasteiger partial charge in [0.1, 0.15) is 0 Å². The monoisotopic (exact) mass is 280 g/mol. The molecular formula is C18H20N2O. The molecule has 1 heterocycles. The second-order valence-electron chi connectivity index (χ2n) is 5.44. The van der Waals surface area contributed by atoms with Crippen molar-refractivity contribution >= 4 is 22.8 Å². The molecule has 1 saturated heterocycles. The van der Waals surface area contributed by atoms with E-state index in [2.05, 4.69) is 54.2 Å². The Hall–Kier alpha value is -2.13. The van der Waals surface area contributed by atoms with Crippen LogP contribution in [0.5, 0.6) is 0 Å². The van der Waals surface area contributed by atoms with Crippen LogP contribution in [0.25, 0.3) is 16.8 Å². The lowest BCUT2D eigenvalue weighted by atomic mass is 9.95. The molecule has 2 aromatic rings. The molecule has 1 amide bonds. The summed E-state index contributed by atoms with van der Waals surface area (Å²) in [4.78, 5) is 11.7. The van der Waals surface area contributed by atoms with Crippen molar-refractivity contribution in [3.63, 3.8) is 0 Å². The lowest BCUT2D eigenvalue weighted by Gasteiger charge is -2.09. The van der Waals surface area contributed by atoms with Gasteiger partial charge in [-0.3, -0.25) is 10.2 Å². The molecular weight excluding hydrogens is 260 g/mol. The molecule has 1 fully saturated rings. The minimum Gasteiger partial charge on any atom is -0.287 e. The van der Waals surface area contributed by atoms with Gasteiger partial charge in [0.15, 0.2) is 0 Å². The Bertz CT molecular complexity index is 703. The van der Waals surface area contributed by atoms with E-state index in [0.29, 0.717) is 6.54 Å². The van der Waals surface area contributed by atoms with E-state index in [1.54, 1.807) is 0 Å². The number of rotatable bonds is 4. The smallest absolute Gasteiger partial charge is 0.262 e. The van der Waals surface area contributed by atoms with Crippen molar-refractivity contribution in [2.75, 3.05) is 6.54 Å². The molecule has 0 unspecified atom stereocenters. The average molecular weight is 280 g/mol. The molecule has 1 aliphatic heterocycles. The summed E-state index contributed by atoms with van der Waals surface area (Å²) in [6.07, 6.45) is 5.50. The molecule has 3 rings (SSSR count). The Kier molecular flexibility index (Phi) is 4.02. The average Bonchev–Trinajstić information content (AvgIpc) is 2.92. The first-order chi connectivity index (χ1) is 10.3. The fourth-order valence-electron chi connectivity index (χ4n) is 2.78. The van der Waals surface area contributed by atoms with Gasteiger partial charge in [0, 0.05) is 12.1 Å². The molecule has 0 saturated carbocycles. The largest absolute Gasteiger partial charge is 0.287 e. The Morgan fingerprint density at radius 3 is 2.67 bits per heavy atom. The summed E-state index contributed by atoms with van der Waals surface area (Å²) in [7, 11) is 0. The van der Waals surface area contributed by atoms with Crippen LogP contribution in [0.2, 0.25) is 0 Å². The number of hydrogen-bond donors (Lipinski definition) is 2. The van der Waals surface area contributed by atoms with Crippen LogP contribution in [0.15, 0.2) is 42.0 Å². The maximum absolute atomic E-state index is 11.7. The van der Waals surface area contributed by atoms with Gasteiger partial charge in [-0.1, -0.05) is 49.7 Å². The number of carbonyl (C=O) groups excluding carboxylic acids is 1. The molecule has 21 heavy (non-hydrogen) atoms. The number of hydrazine groups is 1. The van der Waals surface area contributed by atoms with Crippen molar-refractivity contribution < 1.29 is 4.79 Å². The van der Waals surface area contributed by atoms with Gasteiger partial charge in [-0.05, 0) is 40.8 Å². The summed E-state index contributed by atoms with van der Waals surface area (Å²) in [6, 6.07) is 12.8. The molecule has 0 radical (unpaired) electrons. The molecule has 2 N–H and O–H groups in total. The van der Waals surface area contributed by atoms with Gasteiger partial charge in [0.05, 0.1) is 0 Å². The summed E-state index contributed by atoms with van der Waals surface area (Å²) in [6.45, 7) is 2.79. The SMILES string of the molecule is CCCCc1ccc(/C=C2\CNNC2=O)c2ccccc12. The van der Waals surface area contributed by atoms with E-state index >= 15 is 0 Å². The summed E-state index contributed by atoms with van der Waals surface area (Å²) < 4.78 is 0. The third-order valence-corrected chi connectivity index (χ3v) is 3.95. The third kappa shape index (κ3) is 2.83. The van der Waals surface area contributed by atoms with E-state index in [-0.39, 0.29) is 5.91 Å². The van der Waals surface area contributed by atoms with Gasteiger partial charge < -0.3 is 0 Å². The molecule has 0 aliphatic carbocycles. The Balaban J connectivity index is 2.06. The highest BCUT2D eigenvalue weighted by Gasteiger charge is 2.16. The van der Waals surface area contributed by atoms with Crippen molar-refractivity contribution in [3.8, 4) is 0 Å². The van der Waals surface area contributed by atoms with Crippen molar-refractivity contribution in [2.45, 2.75) is 26.2 Å². The zero-order valence-electron chi connectivity index (χ0n) is 12.3. The molecule has 0 spiro atoms. The number of fused-ring (bicyclic) bond motifs is 1. The number of nitrogens with one attached hydrogen (secondary N) is 2. The Morgan fingerprint density at radius 1 is 1.14 bits per heavy atom. The number of hydrogen-bond acceptors (Lipinski definition) is 2. The standard InChI is InChI=1S/C18H20N2O/c1-2-3-6-13-9-10-14(11-15-12-19-20-18(15)21)17-8-5-4-7-16(13)17/h4-5,7-11,19H,2-3,6,12H2,1H3,(H,20,21)/b15-11+. The van der Waals surface area contributed by atoms with E-state index in [1.165, 1.54) is 29.2 Å². The number of aryl methyl sites for hydroxylation is 1. The van der Waals surface area contributed by atoms with Crippen LogP contribution in [0.4, 0.5) is 0 Å². The lowest BCUT2D eigenvalue weighted by Crippen LogP contribution is -2.25. The molecule has 0 bridgehead atoms. The van der Waals surface area contributed by atoms with Crippen LogP contribution < -0.4 is 10.9 Å². The van der Waals surface area contributed by atoms with Crippen LogP contribution in [-0.2, 0) is 11.2 Å². The Labute approximate surface area is 125 Å². The highest BCUT2D eigenvalue weighted by molar-refractivity contribution is 6.02. The second-order valence-corrected chi connectivity index (χ2v) is 5.44. The van der Waals surface area contributed by atoms with E-state index < -0.39 is 0 Å². The topological polar surface area (TPSA) is 41.1 Å². The van der Waals surface area contributed by atoms with E-state index in [0.717, 1.165) is 17.6 Å². The first-order valence-electron chi connectivity index (χ1n) is 7.54. The fourth-order valence-corrected chi connectivity index (χ4v) is 2.78. The van der Waals surface area contributed by atoms with Crippen LogP contribution in [0.3, 0.4) is 0 Å². The highest BCUT2D eigenvalue weighted by atomic mass is 16.2. The van der Waals surface area contributed by atoms with E-state index in [9.17, 15) is 4.79 Å². The van der Waals surface area contributed by atoms with Crippen molar-refractivity contribution in [1.82, 2.24) is 10.9 Å². The van der Waals surface area contributed by atoms with Crippen LogP contribution in [0, 0.1) is 0 Å². The molecule has 0 atom stereocenters. The predicted octanol–water partition coefficient (Wildman–Crippen LogP) is 3.20. The summed E-state index contributed by atoms with van der Waals surface area (Å²) in [5.74, 6) is -0.0332. The van der Waals surface area contributed by atoms with E-state index in [1.807, 2.05) is 6.08 Å². The van der Waals surface area contributed by atoms with Gasteiger partial charge in [0.25, 0.3) is 5.91 Å². The maximum Gasteiger partial charge on any atom is 0.262 e. The molecule has 108 valence electrons. The minimum atomic E-state index is -0.0332. The van der Waals surface area contributed by atoms with Crippen LogP contribution >= 0.6 is 0 Å². The number of benzene rings is 2. The van der Waals surface area contributed by atoms with Crippen molar-refractivity contribution in [2.24, 2.45) is 0 Å². The quantitative estimate of drug-likeness (QED) is 0.844. The van der Waals surface area contributed by atoms with E-state index in [4.69, 9.17) is 0 Å². The lowest BCUT2D eigenvalue weighted by molar-refractivity contribution is -0.116. The first kappa shape index (κ1) is 13.8. The summed E-state index contributed by atoms with van der Waals surface area (Å²) in [5, 5.41) is 2.52. The molecule has 2 aromatic carbocycles. The predicted molar refractivity (Wildman–Crippen MR) is 86.7 cm³/mol. The molecule has 3 nitrogen and oxygen atoms in total. The summed E-state index contributed by atoms with van der Waals surface area (Å²) >= 11 is 0. The zero-order valence-corrected chi connectivity index (χ0v) is 12.3. The number of carbonyl (C=O) groups is 1. The second kappa shape index (κ2) is 6.10. The summed E-state index contributed by atoms with van der Waals surface area (Å²) in [5.41, 5.74) is 8.76. The van der Waals surface area contributed by atoms with Crippen molar-refractivity contribution in [1.29, 1.82) is 0 Å². The van der Waals surface area contributed by atoms with Gasteiger partial charge in [-0.2, -0.15) is 0 Å². The van der Waals surface area contributed by atoms with Crippen LogP contribution in [0.1, 0.15) is 30.9 Å². The third-order valence-electron chi connectivity index (χ3n) is 3.95. The fraction of sp³-hybridized carbons (Fsp3) is 0.278. The molecule has 1 aliphatic rings. The van der Waals surface area contributed by atoms with Gasteiger partial charge in [-0.15, -0.1) is 0 Å². The highest BCUT2D eigenvalue weighted by Crippen LogP contribution is 2.26. The van der Waals surface area contributed by atoms with Gasteiger partial charge >= 0.3 is 0 Å². The molecule has 3 heteroatoms. The molecule has 0 aromatic heterocycles. The van der Waals surface area contributed by atoms with Gasteiger partial charge in [0.2, 0.25) is 0 Å². The maximum atomic E-state index is 11.7. The minimum absolute atomic E-state index is 0.0332.